The summed E-state index contributed by atoms with van der Waals surface area (Å²) >= 11 is 0. The Kier molecular flexibility index (Phi) is 9.53. The molecule has 0 fully saturated rings. The van der Waals surface area contributed by atoms with Crippen LogP contribution in [0.3, 0.4) is 0 Å². The van der Waals surface area contributed by atoms with Crippen molar-refractivity contribution in [1.29, 1.82) is 0 Å². The van der Waals surface area contributed by atoms with Crippen molar-refractivity contribution < 1.29 is 0 Å². The number of rotatable bonds is 0. The zero-order valence-electron chi connectivity index (χ0n) is 10.7. The van der Waals surface area contributed by atoms with Gasteiger partial charge in [0.1, 0.15) is 0 Å². The van der Waals surface area contributed by atoms with Crippen molar-refractivity contribution >= 4 is 5.69 Å². The third-order valence-corrected chi connectivity index (χ3v) is 1.74. The van der Waals surface area contributed by atoms with Gasteiger partial charge in [-0.25, -0.2) is 0 Å². The summed E-state index contributed by atoms with van der Waals surface area (Å²) in [4.78, 5) is 0. The van der Waals surface area contributed by atoms with Gasteiger partial charge in [0.25, 0.3) is 0 Å². The maximum absolute atomic E-state index is 5.75. The van der Waals surface area contributed by atoms with Crippen LogP contribution in [0.15, 0.2) is 12.1 Å². The summed E-state index contributed by atoms with van der Waals surface area (Å²) < 4.78 is 0. The second-order valence-electron chi connectivity index (χ2n) is 2.81. The minimum atomic E-state index is 0.922. The summed E-state index contributed by atoms with van der Waals surface area (Å²) in [7, 11) is 0. The van der Waals surface area contributed by atoms with E-state index in [4.69, 9.17) is 5.73 Å². The first-order valence-corrected chi connectivity index (χ1v) is 5.44. The van der Waals surface area contributed by atoms with Gasteiger partial charge in [0.15, 0.2) is 0 Å². The molecule has 1 rings (SSSR count). The van der Waals surface area contributed by atoms with Gasteiger partial charge in [-0.1, -0.05) is 45.4 Å². The van der Waals surface area contributed by atoms with E-state index >= 15 is 0 Å². The van der Waals surface area contributed by atoms with Crippen molar-refractivity contribution in [3.8, 4) is 0 Å². The van der Waals surface area contributed by atoms with Crippen molar-refractivity contribution in [3.05, 3.63) is 28.8 Å². The summed E-state index contributed by atoms with van der Waals surface area (Å²) in [5, 5.41) is 0. The molecule has 82 valence electrons. The fourth-order valence-corrected chi connectivity index (χ4v) is 1.19. The molecule has 0 radical (unpaired) electrons. The third kappa shape index (κ3) is 4.90. The highest BCUT2D eigenvalue weighted by Gasteiger charge is 1.96. The minimum absolute atomic E-state index is 0.922. The largest absolute Gasteiger partial charge is 0.398 e. The Labute approximate surface area is 89.3 Å². The van der Waals surface area contributed by atoms with Gasteiger partial charge in [0.2, 0.25) is 0 Å². The normalized spacial score (nSPS) is 7.93. The molecule has 0 spiro atoms. The van der Waals surface area contributed by atoms with Crippen molar-refractivity contribution in [2.45, 2.75) is 48.5 Å². The van der Waals surface area contributed by atoms with Crippen LogP contribution in [0.1, 0.15) is 44.4 Å². The Hall–Kier alpha value is -0.980. The second-order valence-corrected chi connectivity index (χ2v) is 2.81. The molecule has 1 heteroatoms. The quantitative estimate of drug-likeness (QED) is 0.615. The average Bonchev–Trinajstić information content (AvgIpc) is 2.20. The van der Waals surface area contributed by atoms with E-state index < -0.39 is 0 Å². The van der Waals surface area contributed by atoms with Gasteiger partial charge in [-0.3, -0.25) is 0 Å². The van der Waals surface area contributed by atoms with Crippen LogP contribution < -0.4 is 5.73 Å². The van der Waals surface area contributed by atoms with Gasteiger partial charge in [-0.05, 0) is 31.9 Å². The van der Waals surface area contributed by atoms with Crippen molar-refractivity contribution in [2.75, 3.05) is 5.73 Å². The molecular formula is C13H25N. The maximum atomic E-state index is 5.75. The molecule has 0 aliphatic carbocycles. The van der Waals surface area contributed by atoms with Crippen LogP contribution in [0.25, 0.3) is 0 Å². The first-order chi connectivity index (χ1) is 6.61. The molecule has 0 saturated heterocycles. The zero-order chi connectivity index (χ0) is 11.7. The molecule has 0 bridgehead atoms. The Morgan fingerprint density at radius 3 is 1.36 bits per heavy atom. The summed E-state index contributed by atoms with van der Waals surface area (Å²) in [6, 6.07) is 4.20. The van der Waals surface area contributed by atoms with Crippen LogP contribution in [-0.2, 0) is 0 Å². The molecule has 0 aliphatic heterocycles. The first kappa shape index (κ1) is 15.5. The topological polar surface area (TPSA) is 26.0 Å². The van der Waals surface area contributed by atoms with E-state index in [1.165, 1.54) is 16.7 Å². The van der Waals surface area contributed by atoms with Gasteiger partial charge in [-0.2, -0.15) is 0 Å². The Morgan fingerprint density at radius 2 is 1.07 bits per heavy atom. The molecule has 0 heterocycles. The lowest BCUT2D eigenvalue weighted by Crippen LogP contribution is -1.93. The fraction of sp³-hybridized carbons (Fsp3) is 0.538. The number of hydrogen-bond acceptors (Lipinski definition) is 1. The molecule has 0 amide bonds. The lowest BCUT2D eigenvalue weighted by molar-refractivity contribution is 1.33. The molecular weight excluding hydrogens is 170 g/mol. The highest BCUT2D eigenvalue weighted by molar-refractivity contribution is 5.54. The lowest BCUT2D eigenvalue weighted by Gasteiger charge is -2.04. The monoisotopic (exact) mass is 195 g/mol. The van der Waals surface area contributed by atoms with Gasteiger partial charge >= 0.3 is 0 Å². The Bertz CT molecular complexity index is 228. The van der Waals surface area contributed by atoms with E-state index in [1.54, 1.807) is 0 Å². The van der Waals surface area contributed by atoms with Gasteiger partial charge in [0, 0.05) is 5.69 Å². The predicted molar refractivity (Wildman–Crippen MR) is 67.8 cm³/mol. The number of nitrogens with two attached hydrogens (primary N) is 1. The van der Waals surface area contributed by atoms with Crippen LogP contribution >= 0.6 is 0 Å². The van der Waals surface area contributed by atoms with Gasteiger partial charge < -0.3 is 5.73 Å². The maximum Gasteiger partial charge on any atom is 0.0373 e. The zero-order valence-corrected chi connectivity index (χ0v) is 10.7. The van der Waals surface area contributed by atoms with Crippen LogP contribution in [0.5, 0.6) is 0 Å². The molecule has 2 N–H and O–H groups in total. The van der Waals surface area contributed by atoms with Crippen molar-refractivity contribution in [2.24, 2.45) is 0 Å². The second kappa shape index (κ2) is 8.61. The minimum Gasteiger partial charge on any atom is -0.398 e. The summed E-state index contributed by atoms with van der Waals surface area (Å²) in [6.45, 7) is 14.2. The van der Waals surface area contributed by atoms with E-state index in [0.29, 0.717) is 0 Å². The molecule has 0 saturated carbocycles. The third-order valence-electron chi connectivity index (χ3n) is 1.74. The smallest absolute Gasteiger partial charge is 0.0373 e. The molecule has 1 aromatic rings. The van der Waals surface area contributed by atoms with Crippen LogP contribution in [0.2, 0.25) is 0 Å². The van der Waals surface area contributed by atoms with Gasteiger partial charge in [-0.15, -0.1) is 0 Å². The Balaban J connectivity index is 0. The first-order valence-electron chi connectivity index (χ1n) is 5.44. The average molecular weight is 195 g/mol. The summed E-state index contributed by atoms with van der Waals surface area (Å²) in [6.07, 6.45) is 0. The number of aryl methyl sites for hydroxylation is 3. The molecule has 14 heavy (non-hydrogen) atoms. The fourth-order valence-electron chi connectivity index (χ4n) is 1.19. The lowest BCUT2D eigenvalue weighted by atomic mass is 10.1. The molecule has 0 aromatic heterocycles. The number of benzene rings is 1. The Morgan fingerprint density at radius 1 is 0.786 bits per heavy atom. The standard InChI is InChI=1S/C9H13N.2C2H6/c1-6-4-7(2)9(10)8(3)5-6;2*1-2/h4-5H,10H2,1-3H3;2*1-2H3. The number of nitrogen functional groups attached to an aromatic ring is 1. The van der Waals surface area contributed by atoms with Crippen LogP contribution in [0.4, 0.5) is 5.69 Å². The molecule has 0 aliphatic rings. The summed E-state index contributed by atoms with van der Waals surface area (Å²) in [5.74, 6) is 0. The molecule has 1 nitrogen and oxygen atoms in total. The molecule has 0 atom stereocenters. The highest BCUT2D eigenvalue weighted by atomic mass is 14.6. The van der Waals surface area contributed by atoms with Crippen molar-refractivity contribution in [1.82, 2.24) is 0 Å². The molecule has 0 unspecified atom stereocenters. The number of hydrogen-bond donors (Lipinski definition) is 1. The van der Waals surface area contributed by atoms with E-state index in [2.05, 4.69) is 19.1 Å². The van der Waals surface area contributed by atoms with Crippen LogP contribution in [-0.4, -0.2) is 0 Å². The highest BCUT2D eigenvalue weighted by Crippen LogP contribution is 2.17. The van der Waals surface area contributed by atoms with Gasteiger partial charge in [0.05, 0.1) is 0 Å². The summed E-state index contributed by atoms with van der Waals surface area (Å²) in [5.41, 5.74) is 10.3. The van der Waals surface area contributed by atoms with Crippen molar-refractivity contribution in [3.63, 3.8) is 0 Å². The molecule has 1 aromatic carbocycles. The van der Waals surface area contributed by atoms with E-state index in [0.717, 1.165) is 5.69 Å². The predicted octanol–water partition coefficient (Wildman–Crippen LogP) is 4.25. The van der Waals surface area contributed by atoms with E-state index in [1.807, 2.05) is 41.5 Å². The van der Waals surface area contributed by atoms with E-state index in [9.17, 15) is 0 Å². The SMILES string of the molecule is CC.CC.Cc1cc(C)c(N)c(C)c1. The van der Waals surface area contributed by atoms with Crippen LogP contribution in [0, 0.1) is 20.8 Å². The van der Waals surface area contributed by atoms with E-state index in [-0.39, 0.29) is 0 Å². The number of anilines is 1.